The lowest BCUT2D eigenvalue weighted by molar-refractivity contribution is -0.117. The lowest BCUT2D eigenvalue weighted by Crippen LogP contribution is -2.50. The highest BCUT2D eigenvalue weighted by atomic mass is 35.5. The van der Waals surface area contributed by atoms with Gasteiger partial charge in [-0.1, -0.05) is 23.7 Å². The molecule has 0 radical (unpaired) electrons. The average Bonchev–Trinajstić information content (AvgIpc) is 3.42. The molecular formula is C25H30ClN5O3. The number of halogens is 1. The summed E-state index contributed by atoms with van der Waals surface area (Å²) in [7, 11) is 0. The molecular weight excluding hydrogens is 454 g/mol. The zero-order valence-corrected chi connectivity index (χ0v) is 20.4. The average molecular weight is 484 g/mol. The summed E-state index contributed by atoms with van der Waals surface area (Å²) in [6, 6.07) is 9.29. The van der Waals surface area contributed by atoms with E-state index >= 15 is 0 Å². The van der Waals surface area contributed by atoms with Crippen molar-refractivity contribution >= 4 is 29.2 Å². The smallest absolute Gasteiger partial charge is 0.255 e. The summed E-state index contributed by atoms with van der Waals surface area (Å²) >= 11 is 6.17. The number of carbonyl (C=O) groups is 2. The molecule has 2 fully saturated rings. The second kappa shape index (κ2) is 10.6. The van der Waals surface area contributed by atoms with Crippen LogP contribution in [-0.4, -0.2) is 71.6 Å². The molecule has 0 spiro atoms. The van der Waals surface area contributed by atoms with Crippen molar-refractivity contribution in [2.24, 2.45) is 0 Å². The lowest BCUT2D eigenvalue weighted by atomic mass is 10.2. The Morgan fingerprint density at radius 3 is 2.59 bits per heavy atom. The Balaban J connectivity index is 1.37. The number of anilines is 1. The minimum atomic E-state index is -0.173. The maximum Gasteiger partial charge on any atom is 0.255 e. The fourth-order valence-electron chi connectivity index (χ4n) is 4.64. The van der Waals surface area contributed by atoms with Crippen LogP contribution in [0.15, 0.2) is 24.3 Å². The van der Waals surface area contributed by atoms with E-state index in [-0.39, 0.29) is 24.5 Å². The number of nitrogens with zero attached hydrogens (tertiary/aromatic N) is 4. The highest BCUT2D eigenvalue weighted by molar-refractivity contribution is 6.33. The van der Waals surface area contributed by atoms with Crippen LogP contribution in [0.3, 0.4) is 0 Å². The predicted octanol–water partition coefficient (Wildman–Crippen LogP) is 3.21. The molecule has 1 aromatic heterocycles. The van der Waals surface area contributed by atoms with Crippen LogP contribution < -0.4 is 5.32 Å². The first kappa shape index (κ1) is 24.3. The van der Waals surface area contributed by atoms with Crippen molar-refractivity contribution in [1.82, 2.24) is 14.4 Å². The largest absolute Gasteiger partial charge is 0.376 e. The molecule has 180 valence electrons. The van der Waals surface area contributed by atoms with Crippen molar-refractivity contribution in [2.45, 2.75) is 39.3 Å². The quantitative estimate of drug-likeness (QED) is 0.681. The SMILES string of the molecule is Cc1c(C#N)c(NC(=O)CN2CCN(C(=O)c3ccccc3Cl)CC2)n(CC2CCCO2)c1C. The summed E-state index contributed by atoms with van der Waals surface area (Å²) < 4.78 is 7.78. The molecule has 2 aromatic rings. The van der Waals surface area contributed by atoms with E-state index in [4.69, 9.17) is 16.3 Å². The fourth-order valence-corrected chi connectivity index (χ4v) is 4.86. The summed E-state index contributed by atoms with van der Waals surface area (Å²) in [5.74, 6) is 0.283. The molecule has 1 N–H and O–H groups in total. The molecule has 2 saturated heterocycles. The third-order valence-electron chi connectivity index (χ3n) is 6.74. The highest BCUT2D eigenvalue weighted by Gasteiger charge is 2.27. The zero-order chi connectivity index (χ0) is 24.2. The van der Waals surface area contributed by atoms with Gasteiger partial charge in [-0.15, -0.1) is 0 Å². The van der Waals surface area contributed by atoms with Gasteiger partial charge in [0, 0.05) is 38.5 Å². The topological polar surface area (TPSA) is 90.6 Å². The van der Waals surface area contributed by atoms with Gasteiger partial charge in [-0.05, 0) is 44.4 Å². The van der Waals surface area contributed by atoms with Crippen LogP contribution in [0.4, 0.5) is 5.82 Å². The van der Waals surface area contributed by atoms with Gasteiger partial charge >= 0.3 is 0 Å². The highest BCUT2D eigenvalue weighted by Crippen LogP contribution is 2.28. The molecule has 1 atom stereocenters. The molecule has 1 aromatic carbocycles. The van der Waals surface area contributed by atoms with Crippen molar-refractivity contribution < 1.29 is 14.3 Å². The van der Waals surface area contributed by atoms with Crippen molar-refractivity contribution in [3.8, 4) is 6.07 Å². The summed E-state index contributed by atoms with van der Waals surface area (Å²) in [6.07, 6.45) is 2.10. The number of carbonyl (C=O) groups excluding carboxylic acids is 2. The van der Waals surface area contributed by atoms with Gasteiger partial charge in [0.1, 0.15) is 11.9 Å². The molecule has 2 amide bonds. The Morgan fingerprint density at radius 1 is 1.21 bits per heavy atom. The van der Waals surface area contributed by atoms with Gasteiger partial charge < -0.3 is 19.5 Å². The number of nitriles is 1. The van der Waals surface area contributed by atoms with Gasteiger partial charge in [-0.2, -0.15) is 5.26 Å². The lowest BCUT2D eigenvalue weighted by Gasteiger charge is -2.34. The van der Waals surface area contributed by atoms with Crippen LogP contribution in [0.1, 0.15) is 40.0 Å². The first-order chi connectivity index (χ1) is 16.4. The second-order valence-corrected chi connectivity index (χ2v) is 9.30. The number of rotatable bonds is 6. The molecule has 8 nitrogen and oxygen atoms in total. The van der Waals surface area contributed by atoms with Gasteiger partial charge in [-0.25, -0.2) is 0 Å². The van der Waals surface area contributed by atoms with Gasteiger partial charge in [0.05, 0.1) is 35.3 Å². The maximum atomic E-state index is 12.9. The number of piperazine rings is 1. The summed E-state index contributed by atoms with van der Waals surface area (Å²) in [4.78, 5) is 29.5. The third kappa shape index (κ3) is 5.12. The van der Waals surface area contributed by atoms with Crippen molar-refractivity contribution in [3.63, 3.8) is 0 Å². The molecule has 0 aliphatic carbocycles. The van der Waals surface area contributed by atoms with E-state index in [1.807, 2.05) is 23.3 Å². The molecule has 9 heteroatoms. The summed E-state index contributed by atoms with van der Waals surface area (Å²) in [6.45, 7) is 7.66. The van der Waals surface area contributed by atoms with E-state index in [0.29, 0.717) is 54.7 Å². The van der Waals surface area contributed by atoms with Crippen LogP contribution in [0.2, 0.25) is 5.02 Å². The van der Waals surface area contributed by atoms with Crippen molar-refractivity contribution in [2.75, 3.05) is 44.6 Å². The van der Waals surface area contributed by atoms with Gasteiger partial charge in [0.25, 0.3) is 5.91 Å². The van der Waals surface area contributed by atoms with Crippen LogP contribution in [-0.2, 0) is 16.1 Å². The molecule has 4 rings (SSSR count). The Morgan fingerprint density at radius 2 is 1.94 bits per heavy atom. The van der Waals surface area contributed by atoms with Gasteiger partial charge in [-0.3, -0.25) is 14.5 Å². The first-order valence-corrected chi connectivity index (χ1v) is 12.0. The second-order valence-electron chi connectivity index (χ2n) is 8.89. The van der Waals surface area contributed by atoms with E-state index in [0.717, 1.165) is 30.7 Å². The number of hydrogen-bond acceptors (Lipinski definition) is 5. The summed E-state index contributed by atoms with van der Waals surface area (Å²) in [5.41, 5.74) is 2.84. The van der Waals surface area contributed by atoms with E-state index < -0.39 is 0 Å². The van der Waals surface area contributed by atoms with Gasteiger partial charge in [0.15, 0.2) is 0 Å². The number of nitrogens with one attached hydrogen (secondary N) is 1. The van der Waals surface area contributed by atoms with Crippen molar-refractivity contribution in [1.29, 1.82) is 5.26 Å². The predicted molar refractivity (Wildman–Crippen MR) is 130 cm³/mol. The Kier molecular flexibility index (Phi) is 7.57. The molecule has 1 unspecified atom stereocenters. The van der Waals surface area contributed by atoms with Crippen LogP contribution in [0, 0.1) is 25.2 Å². The van der Waals surface area contributed by atoms with E-state index in [1.165, 1.54) is 0 Å². The minimum Gasteiger partial charge on any atom is -0.376 e. The molecule has 2 aliphatic heterocycles. The zero-order valence-electron chi connectivity index (χ0n) is 19.6. The first-order valence-electron chi connectivity index (χ1n) is 11.7. The van der Waals surface area contributed by atoms with Crippen LogP contribution in [0.5, 0.6) is 0 Å². The number of hydrogen-bond donors (Lipinski definition) is 1. The molecule has 3 heterocycles. The number of amides is 2. The van der Waals surface area contributed by atoms with Crippen LogP contribution in [0.25, 0.3) is 0 Å². The molecule has 0 bridgehead atoms. The Hall–Kier alpha value is -2.86. The number of ether oxygens (including phenoxy) is 1. The Labute approximate surface area is 205 Å². The van der Waals surface area contributed by atoms with E-state index in [2.05, 4.69) is 11.4 Å². The fraction of sp³-hybridized carbons (Fsp3) is 0.480. The summed E-state index contributed by atoms with van der Waals surface area (Å²) in [5, 5.41) is 13.2. The third-order valence-corrected chi connectivity index (χ3v) is 7.07. The minimum absolute atomic E-state index is 0.0914. The molecule has 34 heavy (non-hydrogen) atoms. The maximum absolute atomic E-state index is 12.9. The number of benzene rings is 1. The monoisotopic (exact) mass is 483 g/mol. The van der Waals surface area contributed by atoms with E-state index in [1.54, 1.807) is 29.2 Å². The van der Waals surface area contributed by atoms with Crippen molar-refractivity contribution in [3.05, 3.63) is 51.7 Å². The van der Waals surface area contributed by atoms with E-state index in [9.17, 15) is 14.9 Å². The standard InChI is InChI=1S/C25H30ClN5O3/c1-17-18(2)31(15-19-6-5-13-34-19)24(21(17)14-27)28-23(32)16-29-9-11-30(12-10-29)25(33)20-7-3-4-8-22(20)26/h3-4,7-8,19H,5-6,9-13,15-16H2,1-2H3,(H,28,32). The Bertz CT molecular complexity index is 1110. The van der Waals surface area contributed by atoms with Gasteiger partial charge in [0.2, 0.25) is 5.91 Å². The van der Waals surface area contributed by atoms with Crippen LogP contribution >= 0.6 is 11.6 Å². The number of aromatic nitrogens is 1. The molecule has 0 saturated carbocycles. The normalized spacial score (nSPS) is 18.6. The molecule has 2 aliphatic rings.